The quantitative estimate of drug-likeness (QED) is 0.0442. The fourth-order valence-corrected chi connectivity index (χ4v) is 3.92. The first kappa shape index (κ1) is 40.2. The average Bonchev–Trinajstić information content (AvgIpc) is 2.98. The average molecular weight is 587 g/mol. The highest BCUT2D eigenvalue weighted by Crippen LogP contribution is 2.13. The lowest BCUT2D eigenvalue weighted by Gasteiger charge is -2.19. The van der Waals surface area contributed by atoms with Crippen molar-refractivity contribution in [3.05, 3.63) is 24.3 Å². The molecule has 2 atom stereocenters. The smallest absolute Gasteiger partial charge is 0.179 e. The second kappa shape index (κ2) is 32.1. The highest BCUT2D eigenvalue weighted by Gasteiger charge is 2.12. The molecular formula is C34H66O7. The molecule has 7 heteroatoms. The van der Waals surface area contributed by atoms with Crippen molar-refractivity contribution in [2.75, 3.05) is 40.6 Å². The summed E-state index contributed by atoms with van der Waals surface area (Å²) in [5.74, 6) is 0. The molecule has 0 fully saturated rings. The van der Waals surface area contributed by atoms with E-state index in [-0.39, 0.29) is 12.6 Å². The summed E-state index contributed by atoms with van der Waals surface area (Å²) in [4.78, 5) is 0. The van der Waals surface area contributed by atoms with Crippen molar-refractivity contribution < 1.29 is 33.2 Å². The number of allylic oxidation sites excluding steroid dienone is 2. The zero-order valence-corrected chi connectivity index (χ0v) is 27.6. The molecule has 0 heterocycles. The van der Waals surface area contributed by atoms with Gasteiger partial charge in [0.05, 0.1) is 0 Å². The maximum Gasteiger partial charge on any atom is 0.179 e. The second-order valence-corrected chi connectivity index (χ2v) is 10.5. The van der Waals surface area contributed by atoms with E-state index in [0.717, 1.165) is 129 Å². The van der Waals surface area contributed by atoms with Crippen LogP contribution in [0.15, 0.2) is 24.3 Å². The first-order valence-corrected chi connectivity index (χ1v) is 16.7. The number of methoxy groups -OCH3 is 2. The number of ether oxygens (including phenoxy) is 7. The molecule has 0 radical (unpaired) electrons. The summed E-state index contributed by atoms with van der Waals surface area (Å²) in [7, 11) is 3.30. The molecule has 0 amide bonds. The molecule has 0 aromatic heterocycles. The van der Waals surface area contributed by atoms with E-state index in [1.54, 1.807) is 14.2 Å². The van der Waals surface area contributed by atoms with E-state index in [0.29, 0.717) is 0 Å². The van der Waals surface area contributed by atoms with Gasteiger partial charge in [-0.3, -0.25) is 0 Å². The predicted molar refractivity (Wildman–Crippen MR) is 169 cm³/mol. The molecule has 0 aromatic carbocycles. The van der Waals surface area contributed by atoms with Crippen LogP contribution in [0.2, 0.25) is 0 Å². The Bertz CT molecular complexity index is 501. The van der Waals surface area contributed by atoms with Crippen molar-refractivity contribution >= 4 is 0 Å². The monoisotopic (exact) mass is 586 g/mol. The molecule has 0 saturated heterocycles. The van der Waals surface area contributed by atoms with E-state index in [1.165, 1.54) is 0 Å². The second-order valence-electron chi connectivity index (χ2n) is 10.5. The van der Waals surface area contributed by atoms with Crippen molar-refractivity contribution in [3.63, 3.8) is 0 Å². The predicted octanol–water partition coefficient (Wildman–Crippen LogP) is 9.10. The van der Waals surface area contributed by atoms with Crippen LogP contribution in [0.25, 0.3) is 0 Å². The zero-order valence-electron chi connectivity index (χ0n) is 27.6. The number of rotatable bonds is 32. The van der Waals surface area contributed by atoms with Crippen LogP contribution in [0.3, 0.4) is 0 Å². The van der Waals surface area contributed by atoms with Crippen LogP contribution < -0.4 is 0 Å². The lowest BCUT2D eigenvalue weighted by Crippen LogP contribution is -2.22. The van der Waals surface area contributed by atoms with Crippen LogP contribution in [0.1, 0.15) is 130 Å². The van der Waals surface area contributed by atoms with Crippen molar-refractivity contribution in [1.82, 2.24) is 0 Å². The minimum absolute atomic E-state index is 0.0823. The summed E-state index contributed by atoms with van der Waals surface area (Å²) in [6.07, 6.45) is 24.0. The van der Waals surface area contributed by atoms with Crippen LogP contribution in [0, 0.1) is 0 Å². The van der Waals surface area contributed by atoms with Crippen LogP contribution >= 0.6 is 0 Å². The van der Waals surface area contributed by atoms with Gasteiger partial charge >= 0.3 is 0 Å². The van der Waals surface area contributed by atoms with Crippen molar-refractivity contribution in [2.45, 2.75) is 156 Å². The first-order chi connectivity index (χ1) is 20.1. The first-order valence-electron chi connectivity index (χ1n) is 16.7. The van der Waals surface area contributed by atoms with Gasteiger partial charge in [-0.25, -0.2) is 0 Å². The van der Waals surface area contributed by atoms with Gasteiger partial charge in [0.25, 0.3) is 0 Å². The van der Waals surface area contributed by atoms with Crippen molar-refractivity contribution in [3.8, 4) is 0 Å². The summed E-state index contributed by atoms with van der Waals surface area (Å²) in [6, 6.07) is 0. The van der Waals surface area contributed by atoms with E-state index in [2.05, 4.69) is 39.8 Å². The summed E-state index contributed by atoms with van der Waals surface area (Å²) < 4.78 is 40.7. The highest BCUT2D eigenvalue weighted by atomic mass is 16.8. The Balaban J connectivity index is 4.30. The maximum absolute atomic E-state index is 5.96. The van der Waals surface area contributed by atoms with Gasteiger partial charge in [-0.1, -0.05) is 65.5 Å². The number of unbranched alkanes of at least 4 members (excludes halogenated alkanes) is 8. The Morgan fingerprint density at radius 3 is 1.10 bits per heavy atom. The van der Waals surface area contributed by atoms with Crippen LogP contribution in [-0.4, -0.2) is 65.8 Å². The fourth-order valence-electron chi connectivity index (χ4n) is 3.92. The highest BCUT2D eigenvalue weighted by molar-refractivity contribution is 4.89. The third kappa shape index (κ3) is 26.6. The third-order valence-corrected chi connectivity index (χ3v) is 6.65. The summed E-state index contributed by atoms with van der Waals surface area (Å²) >= 11 is 0. The molecule has 0 aliphatic carbocycles. The van der Waals surface area contributed by atoms with Gasteiger partial charge in [-0.15, -0.1) is 0 Å². The SMILES string of the molecule is CCCCOC(CCCCC=CC(OC)OC(C=CCCCCC(OCCCC)OCCCC)OC)OCCCC. The van der Waals surface area contributed by atoms with Crippen molar-refractivity contribution in [2.24, 2.45) is 0 Å². The van der Waals surface area contributed by atoms with E-state index in [1.807, 2.05) is 12.2 Å². The van der Waals surface area contributed by atoms with E-state index < -0.39 is 12.6 Å². The molecule has 0 bridgehead atoms. The Morgan fingerprint density at radius 2 is 0.805 bits per heavy atom. The Morgan fingerprint density at radius 1 is 0.463 bits per heavy atom. The van der Waals surface area contributed by atoms with Crippen LogP contribution in [-0.2, 0) is 33.2 Å². The van der Waals surface area contributed by atoms with E-state index >= 15 is 0 Å². The van der Waals surface area contributed by atoms with Gasteiger partial charge in [0.1, 0.15) is 0 Å². The van der Waals surface area contributed by atoms with E-state index in [9.17, 15) is 0 Å². The molecule has 41 heavy (non-hydrogen) atoms. The zero-order chi connectivity index (χ0) is 30.2. The van der Waals surface area contributed by atoms with Crippen molar-refractivity contribution in [1.29, 1.82) is 0 Å². The van der Waals surface area contributed by atoms with Crippen LogP contribution in [0.4, 0.5) is 0 Å². The normalized spacial score (nSPS) is 13.9. The Kier molecular flexibility index (Phi) is 31.5. The van der Waals surface area contributed by atoms with E-state index in [4.69, 9.17) is 33.2 Å². The largest absolute Gasteiger partial charge is 0.353 e. The third-order valence-electron chi connectivity index (χ3n) is 6.65. The number of hydrogen-bond donors (Lipinski definition) is 0. The summed E-state index contributed by atoms with van der Waals surface area (Å²) in [5, 5.41) is 0. The Hall–Kier alpha value is -0.800. The van der Waals surface area contributed by atoms with Gasteiger partial charge in [-0.2, -0.15) is 0 Å². The molecule has 0 aromatic rings. The molecule has 244 valence electrons. The lowest BCUT2D eigenvalue weighted by atomic mass is 10.2. The maximum atomic E-state index is 5.96. The molecule has 7 nitrogen and oxygen atoms in total. The minimum atomic E-state index is -0.451. The minimum Gasteiger partial charge on any atom is -0.353 e. The molecule has 2 unspecified atom stereocenters. The standard InChI is InChI=1S/C34H66O7/c1-7-11-27-37-33(38-28-12-8-2)25-21-17-15-19-23-31(35-5)41-32(36-6)24-20-16-18-22-26-34(39-29-13-9-3)40-30-14-10-4/h19-20,23-24,31-34H,7-18,21-22,25-30H2,1-6H3. The van der Waals surface area contributed by atoms with Crippen LogP contribution in [0.5, 0.6) is 0 Å². The molecular weight excluding hydrogens is 520 g/mol. The van der Waals surface area contributed by atoms with Gasteiger partial charge in [0.2, 0.25) is 0 Å². The molecule has 0 spiro atoms. The van der Waals surface area contributed by atoms with Gasteiger partial charge in [0, 0.05) is 40.6 Å². The van der Waals surface area contributed by atoms with Gasteiger partial charge in [-0.05, 0) is 89.2 Å². The molecule has 0 aliphatic heterocycles. The number of hydrogen-bond acceptors (Lipinski definition) is 7. The lowest BCUT2D eigenvalue weighted by molar-refractivity contribution is -0.188. The molecule has 0 saturated carbocycles. The van der Waals surface area contributed by atoms with Gasteiger partial charge < -0.3 is 33.2 Å². The topological polar surface area (TPSA) is 64.6 Å². The fraction of sp³-hybridized carbons (Fsp3) is 0.882. The molecule has 0 N–H and O–H groups in total. The molecule has 0 aliphatic rings. The summed E-state index contributed by atoms with van der Waals surface area (Å²) in [6.45, 7) is 11.8. The summed E-state index contributed by atoms with van der Waals surface area (Å²) in [5.41, 5.74) is 0. The van der Waals surface area contributed by atoms with Gasteiger partial charge in [0.15, 0.2) is 25.2 Å². The molecule has 0 rings (SSSR count). The Labute approximate surface area is 253 Å².